The lowest BCUT2D eigenvalue weighted by atomic mass is 10.1. The average Bonchev–Trinajstić information content (AvgIpc) is 2.95. The predicted molar refractivity (Wildman–Crippen MR) is 107 cm³/mol. The van der Waals surface area contributed by atoms with E-state index in [1.54, 1.807) is 18.2 Å². The first-order chi connectivity index (χ1) is 13.5. The van der Waals surface area contributed by atoms with E-state index in [-0.39, 0.29) is 11.6 Å². The van der Waals surface area contributed by atoms with Gasteiger partial charge < -0.3 is 14.8 Å². The molecule has 0 atom stereocenters. The number of carbonyl (C=O) groups excluding carboxylic acids is 2. The first-order valence-corrected chi connectivity index (χ1v) is 9.30. The molecule has 28 heavy (non-hydrogen) atoms. The van der Waals surface area contributed by atoms with E-state index in [1.807, 2.05) is 37.3 Å². The molecule has 0 spiro atoms. The van der Waals surface area contributed by atoms with Crippen molar-refractivity contribution in [2.45, 2.75) is 20.0 Å². The van der Waals surface area contributed by atoms with E-state index in [0.29, 0.717) is 41.7 Å². The highest BCUT2D eigenvalue weighted by atomic mass is 35.5. The molecular formula is C21H21ClN2O4. The van der Waals surface area contributed by atoms with Crippen molar-refractivity contribution in [3.63, 3.8) is 0 Å². The van der Waals surface area contributed by atoms with Crippen molar-refractivity contribution in [1.29, 1.82) is 0 Å². The molecule has 1 fully saturated rings. The van der Waals surface area contributed by atoms with Crippen LogP contribution in [0.2, 0.25) is 5.02 Å². The number of benzene rings is 2. The number of urea groups is 1. The minimum absolute atomic E-state index is 0.203. The average molecular weight is 401 g/mol. The van der Waals surface area contributed by atoms with Gasteiger partial charge in [-0.15, -0.1) is 0 Å². The van der Waals surface area contributed by atoms with Crippen LogP contribution in [0.15, 0.2) is 48.2 Å². The molecule has 146 valence electrons. The van der Waals surface area contributed by atoms with Crippen molar-refractivity contribution in [1.82, 2.24) is 10.2 Å². The van der Waals surface area contributed by atoms with E-state index in [0.717, 1.165) is 5.56 Å². The van der Waals surface area contributed by atoms with Crippen LogP contribution < -0.4 is 14.8 Å². The van der Waals surface area contributed by atoms with Gasteiger partial charge in [0.05, 0.1) is 12.1 Å². The first kappa shape index (κ1) is 19.8. The van der Waals surface area contributed by atoms with Gasteiger partial charge >= 0.3 is 6.03 Å². The number of methoxy groups -OCH3 is 1. The maximum Gasteiger partial charge on any atom is 0.329 e. The highest BCUT2D eigenvalue weighted by Crippen LogP contribution is 2.37. The van der Waals surface area contributed by atoms with Gasteiger partial charge in [-0.05, 0) is 35.8 Å². The van der Waals surface area contributed by atoms with Gasteiger partial charge in [0.25, 0.3) is 5.91 Å². The highest BCUT2D eigenvalue weighted by molar-refractivity contribution is 6.32. The molecule has 1 aliphatic heterocycles. The van der Waals surface area contributed by atoms with Gasteiger partial charge in [0.2, 0.25) is 0 Å². The van der Waals surface area contributed by atoms with E-state index in [9.17, 15) is 9.59 Å². The summed E-state index contributed by atoms with van der Waals surface area (Å²) < 4.78 is 11.2. The normalized spacial score (nSPS) is 15.1. The van der Waals surface area contributed by atoms with Gasteiger partial charge in [0.15, 0.2) is 11.5 Å². The summed E-state index contributed by atoms with van der Waals surface area (Å²) in [6.45, 7) is 2.62. The van der Waals surface area contributed by atoms with Crippen LogP contribution in [0.1, 0.15) is 24.5 Å². The molecule has 2 aromatic rings. The summed E-state index contributed by atoms with van der Waals surface area (Å²) in [6, 6.07) is 12.7. The molecular weight excluding hydrogens is 380 g/mol. The fourth-order valence-electron chi connectivity index (χ4n) is 2.86. The number of halogens is 1. The van der Waals surface area contributed by atoms with E-state index >= 15 is 0 Å². The number of amides is 3. The summed E-state index contributed by atoms with van der Waals surface area (Å²) in [4.78, 5) is 25.5. The Hall–Kier alpha value is -2.99. The summed E-state index contributed by atoms with van der Waals surface area (Å²) in [5.74, 6) is 0.508. The number of hydrogen-bond donors (Lipinski definition) is 1. The second-order valence-corrected chi connectivity index (χ2v) is 6.66. The quantitative estimate of drug-likeness (QED) is 0.557. The summed E-state index contributed by atoms with van der Waals surface area (Å²) in [6.07, 6.45) is 2.27. The third-order valence-electron chi connectivity index (χ3n) is 4.20. The van der Waals surface area contributed by atoms with Crippen molar-refractivity contribution >= 4 is 29.6 Å². The van der Waals surface area contributed by atoms with Crippen molar-refractivity contribution in [3.8, 4) is 11.5 Å². The summed E-state index contributed by atoms with van der Waals surface area (Å²) in [5.41, 5.74) is 1.83. The third kappa shape index (κ3) is 4.28. The van der Waals surface area contributed by atoms with E-state index < -0.39 is 6.03 Å². The van der Waals surface area contributed by atoms with E-state index in [2.05, 4.69) is 5.32 Å². The molecule has 6 nitrogen and oxygen atoms in total. The number of ether oxygens (including phenoxy) is 2. The van der Waals surface area contributed by atoms with Gasteiger partial charge in [0.1, 0.15) is 12.3 Å². The molecule has 0 saturated carbocycles. The van der Waals surface area contributed by atoms with Crippen LogP contribution in [0, 0.1) is 0 Å². The Labute approximate surface area is 168 Å². The SMILES string of the molecule is CCCN1C(=O)NC(=Cc2cc(Cl)c(OCc3ccccc3)c(OC)c2)C1=O. The fraction of sp³-hybridized carbons (Fsp3) is 0.238. The van der Waals surface area contributed by atoms with Crippen LogP contribution in [-0.4, -0.2) is 30.5 Å². The molecule has 0 bridgehead atoms. The topological polar surface area (TPSA) is 67.9 Å². The van der Waals surface area contributed by atoms with Crippen molar-refractivity contribution in [2.24, 2.45) is 0 Å². The van der Waals surface area contributed by atoms with Gasteiger partial charge in [-0.1, -0.05) is 48.9 Å². The molecule has 7 heteroatoms. The van der Waals surface area contributed by atoms with Gasteiger partial charge in [-0.25, -0.2) is 4.79 Å². The molecule has 1 N–H and O–H groups in total. The fourth-order valence-corrected chi connectivity index (χ4v) is 3.13. The Morgan fingerprint density at radius 2 is 1.93 bits per heavy atom. The Morgan fingerprint density at radius 3 is 2.61 bits per heavy atom. The molecule has 0 aliphatic carbocycles. The van der Waals surface area contributed by atoms with E-state index in [4.69, 9.17) is 21.1 Å². The molecule has 0 unspecified atom stereocenters. The maximum absolute atomic E-state index is 12.4. The molecule has 1 heterocycles. The van der Waals surface area contributed by atoms with Crippen LogP contribution in [0.3, 0.4) is 0 Å². The van der Waals surface area contributed by atoms with Gasteiger partial charge in [0, 0.05) is 6.54 Å². The molecule has 0 radical (unpaired) electrons. The highest BCUT2D eigenvalue weighted by Gasteiger charge is 2.32. The maximum atomic E-state index is 12.4. The number of carbonyl (C=O) groups is 2. The standard InChI is InChI=1S/C21H21ClN2O4/c1-3-9-24-20(25)17(23-21(24)26)11-15-10-16(22)19(18(12-15)27-2)28-13-14-7-5-4-6-8-14/h4-8,10-12H,3,9,13H2,1-2H3,(H,23,26). The number of imide groups is 1. The van der Waals surface area contributed by atoms with Crippen LogP contribution in [0.25, 0.3) is 6.08 Å². The Kier molecular flexibility index (Phi) is 6.21. The predicted octanol–water partition coefficient (Wildman–Crippen LogP) is 4.23. The molecule has 2 aromatic carbocycles. The largest absolute Gasteiger partial charge is 0.493 e. The second kappa shape index (κ2) is 8.80. The van der Waals surface area contributed by atoms with Crippen molar-refractivity contribution in [3.05, 3.63) is 64.3 Å². The van der Waals surface area contributed by atoms with Crippen molar-refractivity contribution < 1.29 is 19.1 Å². The first-order valence-electron chi connectivity index (χ1n) is 8.92. The molecule has 3 rings (SSSR count). The number of nitrogens with one attached hydrogen (secondary N) is 1. The molecule has 3 amide bonds. The number of hydrogen-bond acceptors (Lipinski definition) is 4. The zero-order valence-corrected chi connectivity index (χ0v) is 16.5. The van der Waals surface area contributed by atoms with Crippen LogP contribution in [-0.2, 0) is 11.4 Å². The second-order valence-electron chi connectivity index (χ2n) is 6.25. The monoisotopic (exact) mass is 400 g/mol. The zero-order chi connectivity index (χ0) is 20.1. The number of rotatable bonds is 7. The van der Waals surface area contributed by atoms with Crippen LogP contribution >= 0.6 is 11.6 Å². The summed E-state index contributed by atoms with van der Waals surface area (Å²) in [7, 11) is 1.52. The molecule has 0 aromatic heterocycles. The minimum atomic E-state index is -0.418. The molecule has 1 aliphatic rings. The summed E-state index contributed by atoms with van der Waals surface area (Å²) in [5, 5.41) is 2.94. The Morgan fingerprint density at radius 1 is 1.18 bits per heavy atom. The van der Waals surface area contributed by atoms with Gasteiger partial charge in [-0.2, -0.15) is 0 Å². The Bertz CT molecular complexity index is 912. The molecule has 1 saturated heterocycles. The van der Waals surface area contributed by atoms with E-state index in [1.165, 1.54) is 12.0 Å². The lowest BCUT2D eigenvalue weighted by molar-refractivity contribution is -0.122. The zero-order valence-electron chi connectivity index (χ0n) is 15.7. The summed E-state index contributed by atoms with van der Waals surface area (Å²) >= 11 is 6.39. The van der Waals surface area contributed by atoms with Crippen LogP contribution in [0.5, 0.6) is 11.5 Å². The lowest BCUT2D eigenvalue weighted by Crippen LogP contribution is -2.31. The Balaban J connectivity index is 1.83. The third-order valence-corrected chi connectivity index (χ3v) is 4.48. The minimum Gasteiger partial charge on any atom is -0.493 e. The van der Waals surface area contributed by atoms with Crippen molar-refractivity contribution in [2.75, 3.05) is 13.7 Å². The number of nitrogens with zero attached hydrogens (tertiary/aromatic N) is 1. The van der Waals surface area contributed by atoms with Gasteiger partial charge in [-0.3, -0.25) is 9.69 Å². The smallest absolute Gasteiger partial charge is 0.329 e. The van der Waals surface area contributed by atoms with Crippen LogP contribution in [0.4, 0.5) is 4.79 Å². The lowest BCUT2D eigenvalue weighted by Gasteiger charge is -2.13.